The molecule has 4 heteroatoms. The molecular formula is C15H29N3O. The van der Waals surface area contributed by atoms with Crippen LogP contribution in [0.2, 0.25) is 0 Å². The second-order valence-corrected chi connectivity index (χ2v) is 5.69. The van der Waals surface area contributed by atoms with Crippen LogP contribution >= 0.6 is 0 Å². The smallest absolute Gasteiger partial charge is 0.251 e. The molecule has 1 atom stereocenters. The minimum Gasteiger partial charge on any atom is -0.354 e. The van der Waals surface area contributed by atoms with Crippen molar-refractivity contribution in [2.75, 3.05) is 0 Å². The Morgan fingerprint density at radius 1 is 1.16 bits per heavy atom. The standard InChI is InChI=1S/C15H29N3O/c1-4-5-6-7-8-9-10-11-13-14(19)18-15(17-13)16-12(2)3/h12-13H,4-11H2,1-3H3,(H2,16,17,18,19). The number of guanidine groups is 1. The molecule has 4 nitrogen and oxygen atoms in total. The number of hydrogen-bond donors (Lipinski definition) is 2. The number of hydrogen-bond acceptors (Lipinski definition) is 3. The van der Waals surface area contributed by atoms with Gasteiger partial charge in [-0.2, -0.15) is 0 Å². The van der Waals surface area contributed by atoms with Crippen LogP contribution in [0, 0.1) is 0 Å². The van der Waals surface area contributed by atoms with E-state index >= 15 is 0 Å². The predicted octanol–water partition coefficient (Wildman–Crippen LogP) is 2.98. The molecule has 0 saturated heterocycles. The molecule has 1 heterocycles. The van der Waals surface area contributed by atoms with E-state index in [9.17, 15) is 4.79 Å². The average molecular weight is 267 g/mol. The van der Waals surface area contributed by atoms with Gasteiger partial charge in [-0.3, -0.25) is 10.1 Å². The molecule has 2 N–H and O–H groups in total. The van der Waals surface area contributed by atoms with Crippen LogP contribution in [0.1, 0.15) is 72.1 Å². The fourth-order valence-electron chi connectivity index (χ4n) is 2.28. The number of rotatable bonds is 9. The highest BCUT2D eigenvalue weighted by Crippen LogP contribution is 2.13. The number of carbonyl (C=O) groups excluding carboxylic acids is 1. The molecule has 0 radical (unpaired) electrons. The molecule has 1 unspecified atom stereocenters. The normalized spacial score (nSPS) is 18.6. The summed E-state index contributed by atoms with van der Waals surface area (Å²) in [7, 11) is 0. The number of amides is 1. The molecule has 0 aromatic heterocycles. The summed E-state index contributed by atoms with van der Waals surface area (Å²) in [5, 5.41) is 5.95. The van der Waals surface area contributed by atoms with E-state index in [2.05, 4.69) is 22.5 Å². The van der Waals surface area contributed by atoms with Crippen molar-refractivity contribution in [3.8, 4) is 0 Å². The highest BCUT2D eigenvalue weighted by atomic mass is 16.2. The number of aliphatic imine (C=N–C) groups is 1. The minimum atomic E-state index is -0.170. The zero-order valence-corrected chi connectivity index (χ0v) is 12.7. The Morgan fingerprint density at radius 3 is 2.42 bits per heavy atom. The molecule has 0 bridgehead atoms. The molecule has 1 amide bonds. The van der Waals surface area contributed by atoms with Gasteiger partial charge in [-0.25, -0.2) is 4.99 Å². The minimum absolute atomic E-state index is 0.0501. The van der Waals surface area contributed by atoms with E-state index in [-0.39, 0.29) is 11.9 Å². The lowest BCUT2D eigenvalue weighted by Gasteiger charge is -2.07. The molecule has 0 fully saturated rings. The predicted molar refractivity (Wildman–Crippen MR) is 80.2 cm³/mol. The van der Waals surface area contributed by atoms with E-state index in [1.807, 2.05) is 13.8 Å². The van der Waals surface area contributed by atoms with E-state index in [1.54, 1.807) is 0 Å². The summed E-state index contributed by atoms with van der Waals surface area (Å²) < 4.78 is 0. The second kappa shape index (κ2) is 8.94. The molecule has 0 saturated carbocycles. The van der Waals surface area contributed by atoms with Gasteiger partial charge < -0.3 is 5.32 Å². The average Bonchev–Trinajstić information content (AvgIpc) is 2.67. The molecule has 1 aliphatic rings. The molecular weight excluding hydrogens is 238 g/mol. The molecule has 110 valence electrons. The van der Waals surface area contributed by atoms with E-state index in [4.69, 9.17) is 0 Å². The lowest BCUT2D eigenvalue weighted by Crippen LogP contribution is -2.40. The Morgan fingerprint density at radius 2 is 1.79 bits per heavy atom. The van der Waals surface area contributed by atoms with Crippen LogP contribution in [0.3, 0.4) is 0 Å². The molecule has 0 aromatic rings. The first-order valence-electron chi connectivity index (χ1n) is 7.78. The maximum atomic E-state index is 11.7. The summed E-state index contributed by atoms with van der Waals surface area (Å²) in [5.74, 6) is 0.696. The molecule has 1 aliphatic heterocycles. The zero-order valence-electron chi connectivity index (χ0n) is 12.7. The van der Waals surface area contributed by atoms with Crippen molar-refractivity contribution in [3.05, 3.63) is 0 Å². The lowest BCUT2D eigenvalue weighted by atomic mass is 10.1. The van der Waals surface area contributed by atoms with Crippen molar-refractivity contribution in [3.63, 3.8) is 0 Å². The Hall–Kier alpha value is -1.06. The topological polar surface area (TPSA) is 53.5 Å². The summed E-state index contributed by atoms with van der Waals surface area (Å²) in [6.07, 6.45) is 9.80. The molecule has 19 heavy (non-hydrogen) atoms. The van der Waals surface area contributed by atoms with Crippen LogP contribution in [-0.4, -0.2) is 24.0 Å². The van der Waals surface area contributed by atoms with Crippen molar-refractivity contribution in [2.24, 2.45) is 4.99 Å². The number of nitrogens with one attached hydrogen (secondary N) is 2. The number of carbonyl (C=O) groups is 1. The monoisotopic (exact) mass is 267 g/mol. The largest absolute Gasteiger partial charge is 0.354 e. The van der Waals surface area contributed by atoms with Gasteiger partial charge in [-0.05, 0) is 20.3 Å². The van der Waals surface area contributed by atoms with Gasteiger partial charge in [0.15, 0.2) is 5.96 Å². The van der Waals surface area contributed by atoms with Gasteiger partial charge in [0.05, 0.1) is 0 Å². The van der Waals surface area contributed by atoms with Gasteiger partial charge in [0.2, 0.25) is 0 Å². The van der Waals surface area contributed by atoms with Crippen molar-refractivity contribution >= 4 is 11.9 Å². The van der Waals surface area contributed by atoms with Crippen LogP contribution in [-0.2, 0) is 4.79 Å². The maximum absolute atomic E-state index is 11.7. The van der Waals surface area contributed by atoms with Crippen molar-refractivity contribution in [2.45, 2.75) is 84.2 Å². The second-order valence-electron chi connectivity index (χ2n) is 5.69. The van der Waals surface area contributed by atoms with E-state index in [0.29, 0.717) is 12.0 Å². The summed E-state index contributed by atoms with van der Waals surface area (Å²) in [5.41, 5.74) is 0. The highest BCUT2D eigenvalue weighted by Gasteiger charge is 2.25. The van der Waals surface area contributed by atoms with Crippen molar-refractivity contribution in [1.82, 2.24) is 10.6 Å². The van der Waals surface area contributed by atoms with Crippen LogP contribution < -0.4 is 10.6 Å². The fourth-order valence-corrected chi connectivity index (χ4v) is 2.28. The quantitative estimate of drug-likeness (QED) is 0.631. The Labute approximate surface area is 117 Å². The third-order valence-electron chi connectivity index (χ3n) is 3.34. The molecule has 0 spiro atoms. The van der Waals surface area contributed by atoms with E-state index in [0.717, 1.165) is 12.8 Å². The Kier molecular flexibility index (Phi) is 7.53. The van der Waals surface area contributed by atoms with E-state index < -0.39 is 0 Å². The summed E-state index contributed by atoms with van der Waals surface area (Å²) in [4.78, 5) is 16.1. The molecule has 0 aromatic carbocycles. The van der Waals surface area contributed by atoms with Gasteiger partial charge in [-0.15, -0.1) is 0 Å². The van der Waals surface area contributed by atoms with Gasteiger partial charge >= 0.3 is 0 Å². The van der Waals surface area contributed by atoms with Crippen LogP contribution in [0.4, 0.5) is 0 Å². The SMILES string of the molecule is CCCCCCCCCC1N=C(NC(C)C)NC1=O. The summed E-state index contributed by atoms with van der Waals surface area (Å²) in [6.45, 7) is 6.32. The molecule has 0 aliphatic carbocycles. The van der Waals surface area contributed by atoms with Gasteiger partial charge in [0, 0.05) is 6.04 Å². The molecule has 1 rings (SSSR count). The van der Waals surface area contributed by atoms with Gasteiger partial charge in [0.1, 0.15) is 6.04 Å². The Balaban J connectivity index is 2.12. The first-order chi connectivity index (χ1) is 9.13. The third-order valence-corrected chi connectivity index (χ3v) is 3.34. The Bertz CT molecular complexity index is 300. The lowest BCUT2D eigenvalue weighted by molar-refractivity contribution is -0.120. The van der Waals surface area contributed by atoms with E-state index in [1.165, 1.54) is 38.5 Å². The summed E-state index contributed by atoms with van der Waals surface area (Å²) in [6, 6.07) is 0.133. The van der Waals surface area contributed by atoms with Crippen molar-refractivity contribution < 1.29 is 4.79 Å². The zero-order chi connectivity index (χ0) is 14.1. The fraction of sp³-hybridized carbons (Fsp3) is 0.867. The van der Waals surface area contributed by atoms with Crippen LogP contribution in [0.5, 0.6) is 0 Å². The first-order valence-corrected chi connectivity index (χ1v) is 7.78. The maximum Gasteiger partial charge on any atom is 0.251 e. The number of nitrogens with zero attached hydrogens (tertiary/aromatic N) is 1. The highest BCUT2D eigenvalue weighted by molar-refractivity contribution is 6.04. The van der Waals surface area contributed by atoms with Crippen molar-refractivity contribution in [1.29, 1.82) is 0 Å². The third kappa shape index (κ3) is 6.60. The first kappa shape index (κ1) is 16.0. The number of unbranched alkanes of at least 4 members (excludes halogenated alkanes) is 6. The van der Waals surface area contributed by atoms with Gasteiger partial charge in [0.25, 0.3) is 5.91 Å². The van der Waals surface area contributed by atoms with Crippen LogP contribution in [0.15, 0.2) is 4.99 Å². The summed E-state index contributed by atoms with van der Waals surface area (Å²) >= 11 is 0. The van der Waals surface area contributed by atoms with Crippen LogP contribution in [0.25, 0.3) is 0 Å². The van der Waals surface area contributed by atoms with Gasteiger partial charge in [-0.1, -0.05) is 51.9 Å².